The van der Waals surface area contributed by atoms with Crippen LogP contribution in [-0.2, 0) is 16.5 Å². The second-order valence-corrected chi connectivity index (χ2v) is 9.05. The zero-order valence-electron chi connectivity index (χ0n) is 17.6. The molecule has 0 amide bonds. The first kappa shape index (κ1) is 22.8. The van der Waals surface area contributed by atoms with Crippen LogP contribution in [0.3, 0.4) is 0 Å². The first-order chi connectivity index (χ1) is 15.4. The topological polar surface area (TPSA) is 96.0 Å². The molecule has 0 atom stereocenters. The van der Waals surface area contributed by atoms with Crippen molar-refractivity contribution in [3.05, 3.63) is 57.7 Å². The molecule has 0 N–H and O–H groups in total. The Morgan fingerprint density at radius 2 is 1.45 bits per heavy atom. The lowest BCUT2D eigenvalue weighted by Gasteiger charge is -2.29. The van der Waals surface area contributed by atoms with Gasteiger partial charge in [-0.15, -0.1) is 0 Å². The van der Waals surface area contributed by atoms with Crippen LogP contribution in [-0.4, -0.2) is 39.7 Å². The molecule has 2 aromatic carbocycles. The highest BCUT2D eigenvalue weighted by molar-refractivity contribution is 7.88. The van der Waals surface area contributed by atoms with E-state index in [9.17, 15) is 31.2 Å². The van der Waals surface area contributed by atoms with Gasteiger partial charge in [0.2, 0.25) is 0 Å². The number of halogens is 3. The average Bonchev–Trinajstić information content (AvgIpc) is 2.74. The Hall–Kier alpha value is -3.34. The lowest BCUT2D eigenvalue weighted by Crippen LogP contribution is -2.30. The van der Waals surface area contributed by atoms with E-state index in [1.165, 1.54) is 14.2 Å². The van der Waals surface area contributed by atoms with Crippen LogP contribution in [0.25, 0.3) is 5.57 Å². The predicted molar refractivity (Wildman–Crippen MR) is 110 cm³/mol. The number of allylic oxidation sites excluding steroid dienone is 2. The molecule has 0 saturated heterocycles. The lowest BCUT2D eigenvalue weighted by atomic mass is 9.73. The Morgan fingerprint density at radius 1 is 0.848 bits per heavy atom. The van der Waals surface area contributed by atoms with Crippen LogP contribution in [0.15, 0.2) is 29.8 Å². The first-order valence-electron chi connectivity index (χ1n) is 9.63. The van der Waals surface area contributed by atoms with Crippen molar-refractivity contribution in [2.75, 3.05) is 14.2 Å². The van der Waals surface area contributed by atoms with Crippen molar-refractivity contribution in [1.29, 1.82) is 0 Å². The molecular formula is C22H17F3O7S. The molecule has 11 heteroatoms. The van der Waals surface area contributed by atoms with Crippen LogP contribution < -0.4 is 13.7 Å². The molecule has 0 radical (unpaired) electrons. The number of aryl methyl sites for hydroxylation is 2. The number of ketones is 2. The third-order valence-electron chi connectivity index (χ3n) is 5.53. The van der Waals surface area contributed by atoms with Gasteiger partial charge in [-0.1, -0.05) is 6.07 Å². The lowest BCUT2D eigenvalue weighted by molar-refractivity contribution is -0.0500. The van der Waals surface area contributed by atoms with E-state index in [2.05, 4.69) is 4.18 Å². The number of alkyl halides is 3. The summed E-state index contributed by atoms with van der Waals surface area (Å²) in [5, 5.41) is 0. The SMILES string of the molecule is COc1cc(C)cc2c1C1=C(CC2)C(=O)c2c(OC)ccc(OS(=O)(=O)C(F)(F)F)c2C1=O. The Kier molecular flexibility index (Phi) is 5.27. The monoisotopic (exact) mass is 482 g/mol. The Labute approximate surface area is 186 Å². The molecule has 0 saturated carbocycles. The average molecular weight is 482 g/mol. The number of hydrogen-bond donors (Lipinski definition) is 0. The molecule has 2 aliphatic carbocycles. The number of ether oxygens (including phenoxy) is 2. The number of Topliss-reactive ketones (excluding diaryl/α,β-unsaturated/α-hetero) is 2. The van der Waals surface area contributed by atoms with Gasteiger partial charge in [0.25, 0.3) is 0 Å². The molecule has 2 aliphatic rings. The summed E-state index contributed by atoms with van der Waals surface area (Å²) in [6, 6.07) is 5.43. The third-order valence-corrected chi connectivity index (χ3v) is 6.50. The fraction of sp³-hybridized carbons (Fsp3) is 0.273. The van der Waals surface area contributed by atoms with Gasteiger partial charge >= 0.3 is 15.6 Å². The number of fused-ring (bicyclic) bond motifs is 3. The molecule has 0 fully saturated rings. The van der Waals surface area contributed by atoms with Crippen LogP contribution in [0.2, 0.25) is 0 Å². The minimum Gasteiger partial charge on any atom is -0.496 e. The van der Waals surface area contributed by atoms with Crippen molar-refractivity contribution in [2.24, 2.45) is 0 Å². The second-order valence-electron chi connectivity index (χ2n) is 7.51. The van der Waals surface area contributed by atoms with Gasteiger partial charge in [0.15, 0.2) is 17.3 Å². The minimum atomic E-state index is -6.10. The summed E-state index contributed by atoms with van der Waals surface area (Å²) < 4.78 is 77.0. The van der Waals surface area contributed by atoms with Gasteiger partial charge in [0, 0.05) is 16.7 Å². The fourth-order valence-electron chi connectivity index (χ4n) is 4.18. The van der Waals surface area contributed by atoms with Gasteiger partial charge in [-0.05, 0) is 49.1 Å². The fourth-order valence-corrected chi connectivity index (χ4v) is 4.65. The molecule has 0 aromatic heterocycles. The molecule has 0 heterocycles. The molecule has 7 nitrogen and oxygen atoms in total. The second kappa shape index (κ2) is 7.62. The van der Waals surface area contributed by atoms with Crippen LogP contribution in [0, 0.1) is 6.92 Å². The Balaban J connectivity index is 1.99. The highest BCUT2D eigenvalue weighted by atomic mass is 32.2. The quantitative estimate of drug-likeness (QED) is 0.480. The Morgan fingerprint density at radius 3 is 2.06 bits per heavy atom. The van der Waals surface area contributed by atoms with Crippen molar-refractivity contribution >= 4 is 27.3 Å². The number of hydrogen-bond acceptors (Lipinski definition) is 7. The maximum atomic E-state index is 13.7. The molecule has 33 heavy (non-hydrogen) atoms. The molecule has 4 rings (SSSR count). The van der Waals surface area contributed by atoms with Gasteiger partial charge in [-0.25, -0.2) is 0 Å². The zero-order valence-corrected chi connectivity index (χ0v) is 18.4. The van der Waals surface area contributed by atoms with E-state index >= 15 is 0 Å². The Bertz CT molecular complexity index is 1360. The normalized spacial score (nSPS) is 15.6. The maximum Gasteiger partial charge on any atom is 0.534 e. The van der Waals surface area contributed by atoms with E-state index in [1.54, 1.807) is 6.07 Å². The highest BCUT2D eigenvalue weighted by Gasteiger charge is 2.50. The van der Waals surface area contributed by atoms with Crippen LogP contribution in [0.5, 0.6) is 17.2 Å². The van der Waals surface area contributed by atoms with Gasteiger partial charge in [0.05, 0.1) is 25.3 Å². The third kappa shape index (κ3) is 3.47. The van der Waals surface area contributed by atoms with Crippen LogP contribution >= 0.6 is 0 Å². The summed E-state index contributed by atoms with van der Waals surface area (Å²) in [6.07, 6.45) is 0.634. The highest BCUT2D eigenvalue weighted by Crippen LogP contribution is 2.48. The summed E-state index contributed by atoms with van der Waals surface area (Å²) in [4.78, 5) is 27.1. The standard InChI is InChI=1S/C22H17F3O7S/c1-10-8-11-4-5-12-17(16(11)15(9-10)31-3)21(27)19-14(32-33(28,29)22(23,24)25)7-6-13(30-2)18(19)20(12)26/h6-9H,4-5H2,1-3H3. The number of benzene rings is 2. The van der Waals surface area contributed by atoms with Crippen LogP contribution in [0.4, 0.5) is 13.2 Å². The van der Waals surface area contributed by atoms with Crippen molar-refractivity contribution in [2.45, 2.75) is 25.3 Å². The summed E-state index contributed by atoms with van der Waals surface area (Å²) >= 11 is 0. The summed E-state index contributed by atoms with van der Waals surface area (Å²) in [7, 11) is -3.49. The maximum absolute atomic E-state index is 13.7. The number of methoxy groups -OCH3 is 2. The largest absolute Gasteiger partial charge is 0.534 e. The smallest absolute Gasteiger partial charge is 0.496 e. The number of carbonyl (C=O) groups is 2. The van der Waals surface area contributed by atoms with E-state index in [-0.39, 0.29) is 28.9 Å². The van der Waals surface area contributed by atoms with E-state index in [1.807, 2.05) is 13.0 Å². The van der Waals surface area contributed by atoms with Crippen molar-refractivity contribution < 1.29 is 44.8 Å². The number of carbonyl (C=O) groups excluding carboxylic acids is 2. The summed E-state index contributed by atoms with van der Waals surface area (Å²) in [5.41, 5.74) is -4.66. The molecule has 0 spiro atoms. The van der Waals surface area contributed by atoms with E-state index in [0.29, 0.717) is 17.7 Å². The summed E-state index contributed by atoms with van der Waals surface area (Å²) in [6.45, 7) is 1.83. The van der Waals surface area contributed by atoms with Gasteiger partial charge in [0.1, 0.15) is 11.5 Å². The number of rotatable bonds is 4. The van der Waals surface area contributed by atoms with Crippen molar-refractivity contribution in [1.82, 2.24) is 0 Å². The van der Waals surface area contributed by atoms with E-state index in [0.717, 1.165) is 23.3 Å². The van der Waals surface area contributed by atoms with E-state index < -0.39 is 38.5 Å². The molecule has 2 aromatic rings. The van der Waals surface area contributed by atoms with Gasteiger partial charge in [-0.2, -0.15) is 21.6 Å². The molecular weight excluding hydrogens is 465 g/mol. The summed E-state index contributed by atoms with van der Waals surface area (Å²) in [5.74, 6) is -2.19. The van der Waals surface area contributed by atoms with Gasteiger partial charge in [-0.3, -0.25) is 9.59 Å². The van der Waals surface area contributed by atoms with Crippen molar-refractivity contribution in [3.63, 3.8) is 0 Å². The van der Waals surface area contributed by atoms with E-state index in [4.69, 9.17) is 9.47 Å². The van der Waals surface area contributed by atoms with Crippen LogP contribution in [0.1, 0.15) is 43.8 Å². The van der Waals surface area contributed by atoms with Gasteiger partial charge < -0.3 is 13.7 Å². The molecule has 174 valence electrons. The molecule has 0 aliphatic heterocycles. The molecule has 0 bridgehead atoms. The predicted octanol–water partition coefficient (Wildman–Crippen LogP) is 4.02. The zero-order chi connectivity index (χ0) is 24.3. The first-order valence-corrected chi connectivity index (χ1v) is 11.0. The van der Waals surface area contributed by atoms with Crippen molar-refractivity contribution in [3.8, 4) is 17.2 Å². The minimum absolute atomic E-state index is 0.0480. The molecule has 0 unspecified atom stereocenters.